The molecule has 0 radical (unpaired) electrons. The molecule has 0 bridgehead atoms. The molecule has 0 atom stereocenters. The van der Waals surface area contributed by atoms with Crippen LogP contribution < -0.4 is 9.47 Å². The second-order valence-electron chi connectivity index (χ2n) is 5.72. The molecule has 0 saturated heterocycles. The highest BCUT2D eigenvalue weighted by atomic mass is 19.3. The number of benzene rings is 2. The van der Waals surface area contributed by atoms with Crippen molar-refractivity contribution >= 4 is 23.1 Å². The number of hydrogen-bond donors (Lipinski definition) is 0. The highest BCUT2D eigenvalue weighted by molar-refractivity contribution is 5.87. The third-order valence-corrected chi connectivity index (χ3v) is 4.02. The maximum absolute atomic E-state index is 13.5. The molecule has 0 aliphatic carbocycles. The summed E-state index contributed by atoms with van der Waals surface area (Å²) in [7, 11) is 2.75. The summed E-state index contributed by atoms with van der Waals surface area (Å²) in [5.74, 6) is 0.385. The number of aromatic nitrogens is 2. The predicted octanol–water partition coefficient (Wildman–Crippen LogP) is 4.21. The van der Waals surface area contributed by atoms with Gasteiger partial charge in [0.25, 0.3) is 0 Å². The second kappa shape index (κ2) is 8.51. The SMILES string of the molecule is COC(=O)/C=C/c1ccc(OCc2nc3ccccc3n2C(F)F)c(OC)c1. The fourth-order valence-electron chi connectivity index (χ4n) is 2.70. The van der Waals surface area contributed by atoms with E-state index in [4.69, 9.17) is 9.47 Å². The van der Waals surface area contributed by atoms with Gasteiger partial charge in [0.05, 0.1) is 25.3 Å². The third kappa shape index (κ3) is 4.11. The van der Waals surface area contributed by atoms with Crippen molar-refractivity contribution < 1.29 is 27.8 Å². The van der Waals surface area contributed by atoms with Gasteiger partial charge in [-0.05, 0) is 35.9 Å². The molecule has 28 heavy (non-hydrogen) atoms. The van der Waals surface area contributed by atoms with Gasteiger partial charge in [-0.1, -0.05) is 18.2 Å². The number of hydrogen-bond acceptors (Lipinski definition) is 5. The van der Waals surface area contributed by atoms with Crippen LogP contribution in [0.1, 0.15) is 17.9 Å². The standard InChI is InChI=1S/C20H18F2N2O4/c1-26-17-11-13(8-10-19(25)27-2)7-9-16(17)28-12-18-23-14-5-3-4-6-15(14)24(18)20(21)22/h3-11,20H,12H2,1-2H3/b10-8+. The number of halogens is 2. The van der Waals surface area contributed by atoms with E-state index in [-0.39, 0.29) is 12.4 Å². The summed E-state index contributed by atoms with van der Waals surface area (Å²) in [4.78, 5) is 15.4. The number of carbonyl (C=O) groups is 1. The Morgan fingerprint density at radius 1 is 1.18 bits per heavy atom. The molecule has 0 amide bonds. The molecule has 0 spiro atoms. The molecule has 6 nitrogen and oxygen atoms in total. The highest BCUT2D eigenvalue weighted by Gasteiger charge is 2.18. The Balaban J connectivity index is 1.83. The topological polar surface area (TPSA) is 62.6 Å². The van der Waals surface area contributed by atoms with E-state index in [1.165, 1.54) is 20.3 Å². The molecule has 3 rings (SSSR count). The number of methoxy groups -OCH3 is 2. The van der Waals surface area contributed by atoms with Crippen molar-refractivity contribution in [2.45, 2.75) is 13.2 Å². The Morgan fingerprint density at radius 2 is 1.96 bits per heavy atom. The van der Waals surface area contributed by atoms with Gasteiger partial charge in [0.15, 0.2) is 17.3 Å². The lowest BCUT2D eigenvalue weighted by molar-refractivity contribution is -0.134. The maximum Gasteiger partial charge on any atom is 0.330 e. The molecule has 1 heterocycles. The Morgan fingerprint density at radius 3 is 2.68 bits per heavy atom. The van der Waals surface area contributed by atoms with Gasteiger partial charge < -0.3 is 14.2 Å². The monoisotopic (exact) mass is 388 g/mol. The van der Waals surface area contributed by atoms with Crippen LogP contribution in [-0.2, 0) is 16.1 Å². The average molecular weight is 388 g/mol. The lowest BCUT2D eigenvalue weighted by Crippen LogP contribution is -2.08. The van der Waals surface area contributed by atoms with Crippen LogP contribution in [0.15, 0.2) is 48.5 Å². The second-order valence-corrected chi connectivity index (χ2v) is 5.72. The van der Waals surface area contributed by atoms with Crippen LogP contribution in [0.3, 0.4) is 0 Å². The van der Waals surface area contributed by atoms with Gasteiger partial charge in [0.1, 0.15) is 6.61 Å². The number of nitrogens with zero attached hydrogens (tertiary/aromatic N) is 2. The van der Waals surface area contributed by atoms with Crippen LogP contribution >= 0.6 is 0 Å². The van der Waals surface area contributed by atoms with Gasteiger partial charge in [-0.15, -0.1) is 0 Å². The highest BCUT2D eigenvalue weighted by Crippen LogP contribution is 2.30. The summed E-state index contributed by atoms with van der Waals surface area (Å²) in [5, 5.41) is 0. The normalized spacial score (nSPS) is 11.3. The maximum atomic E-state index is 13.5. The van der Waals surface area contributed by atoms with Gasteiger partial charge in [-0.3, -0.25) is 4.57 Å². The van der Waals surface area contributed by atoms with Crippen molar-refractivity contribution in [3.8, 4) is 11.5 Å². The summed E-state index contributed by atoms with van der Waals surface area (Å²) < 4.78 is 43.3. The zero-order valence-electron chi connectivity index (χ0n) is 15.3. The molecule has 0 saturated carbocycles. The molecule has 8 heteroatoms. The number of esters is 1. The first-order chi connectivity index (χ1) is 13.5. The Hall–Kier alpha value is -3.42. The van der Waals surface area contributed by atoms with Crippen molar-refractivity contribution in [2.24, 2.45) is 0 Å². The van der Waals surface area contributed by atoms with Gasteiger partial charge in [-0.25, -0.2) is 9.78 Å². The van der Waals surface area contributed by atoms with Crippen LogP contribution in [0.2, 0.25) is 0 Å². The van der Waals surface area contributed by atoms with E-state index in [0.717, 1.165) is 4.57 Å². The zero-order chi connectivity index (χ0) is 20.1. The zero-order valence-corrected chi connectivity index (χ0v) is 15.3. The average Bonchev–Trinajstić information content (AvgIpc) is 3.09. The molecule has 0 aliphatic rings. The van der Waals surface area contributed by atoms with E-state index in [2.05, 4.69) is 9.72 Å². The molecule has 0 aliphatic heterocycles. The molecular weight excluding hydrogens is 370 g/mol. The number of para-hydroxylation sites is 2. The molecule has 3 aromatic rings. The van der Waals surface area contributed by atoms with Gasteiger partial charge >= 0.3 is 12.5 Å². The largest absolute Gasteiger partial charge is 0.493 e. The lowest BCUT2D eigenvalue weighted by atomic mass is 10.2. The Labute approximate surface area is 160 Å². The van der Waals surface area contributed by atoms with Crippen LogP contribution in [0.4, 0.5) is 8.78 Å². The van der Waals surface area contributed by atoms with Crippen LogP contribution in [0.25, 0.3) is 17.1 Å². The van der Waals surface area contributed by atoms with E-state index in [1.54, 1.807) is 48.5 Å². The first-order valence-electron chi connectivity index (χ1n) is 8.34. The van der Waals surface area contributed by atoms with Crippen molar-refractivity contribution in [3.63, 3.8) is 0 Å². The van der Waals surface area contributed by atoms with Crippen molar-refractivity contribution in [2.75, 3.05) is 14.2 Å². The first-order valence-corrected chi connectivity index (χ1v) is 8.34. The van der Waals surface area contributed by atoms with Crippen molar-refractivity contribution in [3.05, 3.63) is 59.9 Å². The molecule has 0 N–H and O–H groups in total. The van der Waals surface area contributed by atoms with Gasteiger partial charge in [-0.2, -0.15) is 8.78 Å². The fraction of sp³-hybridized carbons (Fsp3) is 0.200. The third-order valence-electron chi connectivity index (χ3n) is 4.02. The summed E-state index contributed by atoms with van der Waals surface area (Å²) >= 11 is 0. The minimum atomic E-state index is -2.74. The number of fused-ring (bicyclic) bond motifs is 1. The summed E-state index contributed by atoms with van der Waals surface area (Å²) in [6, 6.07) is 11.7. The number of carbonyl (C=O) groups excluding carboxylic acids is 1. The minimum absolute atomic E-state index is 0.105. The van der Waals surface area contributed by atoms with E-state index in [0.29, 0.717) is 28.1 Å². The number of ether oxygens (including phenoxy) is 3. The number of rotatable bonds is 7. The van der Waals surface area contributed by atoms with Gasteiger partial charge in [0, 0.05) is 6.08 Å². The summed E-state index contributed by atoms with van der Waals surface area (Å²) in [5.41, 5.74) is 1.50. The summed E-state index contributed by atoms with van der Waals surface area (Å²) in [6.07, 6.45) is 2.84. The minimum Gasteiger partial charge on any atom is -0.493 e. The molecule has 1 aromatic heterocycles. The van der Waals surface area contributed by atoms with Crippen LogP contribution in [-0.4, -0.2) is 29.7 Å². The Kier molecular flexibility index (Phi) is 5.88. The molecule has 0 unspecified atom stereocenters. The first kappa shape index (κ1) is 19.3. The fourth-order valence-corrected chi connectivity index (χ4v) is 2.70. The summed E-state index contributed by atoms with van der Waals surface area (Å²) in [6.45, 7) is -2.90. The van der Waals surface area contributed by atoms with Crippen LogP contribution in [0.5, 0.6) is 11.5 Å². The van der Waals surface area contributed by atoms with E-state index < -0.39 is 12.5 Å². The molecular formula is C20H18F2N2O4. The predicted molar refractivity (Wildman–Crippen MR) is 99.4 cm³/mol. The Bertz CT molecular complexity index is 1010. The quantitative estimate of drug-likeness (QED) is 0.448. The molecule has 2 aromatic carbocycles. The number of alkyl halides is 2. The van der Waals surface area contributed by atoms with E-state index in [9.17, 15) is 13.6 Å². The van der Waals surface area contributed by atoms with E-state index >= 15 is 0 Å². The smallest absolute Gasteiger partial charge is 0.330 e. The van der Waals surface area contributed by atoms with Crippen molar-refractivity contribution in [1.29, 1.82) is 0 Å². The van der Waals surface area contributed by atoms with Crippen LogP contribution in [0, 0.1) is 0 Å². The van der Waals surface area contributed by atoms with Gasteiger partial charge in [0.2, 0.25) is 0 Å². The molecule has 0 fully saturated rings. The number of imidazole rings is 1. The lowest BCUT2D eigenvalue weighted by Gasteiger charge is -2.12. The van der Waals surface area contributed by atoms with Crippen molar-refractivity contribution in [1.82, 2.24) is 9.55 Å². The molecule has 146 valence electrons. The van der Waals surface area contributed by atoms with E-state index in [1.807, 2.05) is 0 Å².